The Morgan fingerprint density at radius 2 is 2.11 bits per heavy atom. The number of anilines is 1. The van der Waals surface area contributed by atoms with Crippen LogP contribution < -0.4 is 5.32 Å². The Kier molecular flexibility index (Phi) is 4.73. The molecule has 96 valence electrons. The molecular weight excluding hydrogens is 247 g/mol. The molecule has 0 aliphatic heterocycles. The van der Waals surface area contributed by atoms with Crippen molar-refractivity contribution in [3.05, 3.63) is 52.5 Å². The van der Waals surface area contributed by atoms with Gasteiger partial charge in [-0.25, -0.2) is 4.39 Å². The number of thiophene rings is 1. The van der Waals surface area contributed by atoms with Crippen LogP contribution in [0.5, 0.6) is 0 Å². The van der Waals surface area contributed by atoms with Crippen molar-refractivity contribution < 1.29 is 4.39 Å². The predicted octanol–water partition coefficient (Wildman–Crippen LogP) is 3.43. The number of hydrogen-bond donors (Lipinski definition) is 1. The molecule has 0 amide bonds. The van der Waals surface area contributed by atoms with Crippen molar-refractivity contribution in [1.29, 1.82) is 0 Å². The molecule has 0 aliphatic carbocycles. The lowest BCUT2D eigenvalue weighted by atomic mass is 10.3. The highest BCUT2D eigenvalue weighted by Crippen LogP contribution is 2.12. The zero-order valence-corrected chi connectivity index (χ0v) is 11.2. The molecule has 0 unspecified atom stereocenters. The van der Waals surface area contributed by atoms with Crippen molar-refractivity contribution >= 4 is 17.0 Å². The Hall–Kier alpha value is -1.39. The molecule has 1 heterocycles. The van der Waals surface area contributed by atoms with E-state index in [9.17, 15) is 4.39 Å². The van der Waals surface area contributed by atoms with Crippen molar-refractivity contribution in [3.8, 4) is 0 Å². The standard InChI is InChI=1S/C14H17FN2S/c1-17(10-12-6-9-18-11-12)8-7-16-14-5-3-2-4-13(14)15/h2-6,9,11,16H,7-8,10H2,1H3. The number of hydrogen-bond acceptors (Lipinski definition) is 3. The van der Waals surface area contributed by atoms with Gasteiger partial charge in [0.1, 0.15) is 5.82 Å². The molecule has 0 aliphatic rings. The topological polar surface area (TPSA) is 15.3 Å². The molecule has 4 heteroatoms. The molecular formula is C14H17FN2S. The summed E-state index contributed by atoms with van der Waals surface area (Å²) in [6, 6.07) is 8.89. The van der Waals surface area contributed by atoms with E-state index in [0.717, 1.165) is 19.6 Å². The highest BCUT2D eigenvalue weighted by Gasteiger charge is 2.02. The lowest BCUT2D eigenvalue weighted by Crippen LogP contribution is -2.24. The Morgan fingerprint density at radius 3 is 2.83 bits per heavy atom. The highest BCUT2D eigenvalue weighted by atomic mass is 32.1. The van der Waals surface area contributed by atoms with E-state index in [1.807, 2.05) is 6.07 Å². The van der Waals surface area contributed by atoms with Gasteiger partial charge in [0, 0.05) is 19.6 Å². The van der Waals surface area contributed by atoms with E-state index in [1.165, 1.54) is 11.6 Å². The van der Waals surface area contributed by atoms with E-state index in [2.05, 4.69) is 34.1 Å². The van der Waals surface area contributed by atoms with E-state index in [-0.39, 0.29) is 5.82 Å². The average Bonchev–Trinajstić information content (AvgIpc) is 2.84. The minimum absolute atomic E-state index is 0.196. The van der Waals surface area contributed by atoms with E-state index in [0.29, 0.717) is 5.69 Å². The third kappa shape index (κ3) is 3.82. The second-order valence-electron chi connectivity index (χ2n) is 4.28. The summed E-state index contributed by atoms with van der Waals surface area (Å²) in [7, 11) is 2.07. The van der Waals surface area contributed by atoms with Crippen molar-refractivity contribution in [2.45, 2.75) is 6.54 Å². The van der Waals surface area contributed by atoms with Crippen LogP contribution in [-0.4, -0.2) is 25.0 Å². The predicted molar refractivity (Wildman–Crippen MR) is 75.5 cm³/mol. The lowest BCUT2D eigenvalue weighted by molar-refractivity contribution is 0.340. The van der Waals surface area contributed by atoms with Crippen LogP contribution in [-0.2, 0) is 6.54 Å². The third-order valence-electron chi connectivity index (χ3n) is 2.72. The fourth-order valence-electron chi connectivity index (χ4n) is 1.76. The number of nitrogens with zero attached hydrogens (tertiary/aromatic N) is 1. The Bertz CT molecular complexity index is 470. The van der Waals surface area contributed by atoms with Gasteiger partial charge in [0.15, 0.2) is 0 Å². The normalized spacial score (nSPS) is 10.8. The number of halogens is 1. The van der Waals surface area contributed by atoms with Crippen molar-refractivity contribution in [2.24, 2.45) is 0 Å². The minimum atomic E-state index is -0.196. The summed E-state index contributed by atoms with van der Waals surface area (Å²) >= 11 is 1.71. The summed E-state index contributed by atoms with van der Waals surface area (Å²) in [5, 5.41) is 7.35. The van der Waals surface area contributed by atoms with Crippen LogP contribution >= 0.6 is 11.3 Å². The first-order chi connectivity index (χ1) is 8.75. The smallest absolute Gasteiger partial charge is 0.146 e. The fraction of sp³-hybridized carbons (Fsp3) is 0.286. The number of nitrogens with one attached hydrogen (secondary N) is 1. The largest absolute Gasteiger partial charge is 0.381 e. The molecule has 0 fully saturated rings. The zero-order chi connectivity index (χ0) is 12.8. The van der Waals surface area contributed by atoms with Gasteiger partial charge in [0.2, 0.25) is 0 Å². The molecule has 0 saturated heterocycles. The number of rotatable bonds is 6. The van der Waals surface area contributed by atoms with Crippen LogP contribution in [0.2, 0.25) is 0 Å². The maximum absolute atomic E-state index is 13.3. The Morgan fingerprint density at radius 1 is 1.28 bits per heavy atom. The fourth-order valence-corrected chi connectivity index (χ4v) is 2.42. The Balaban J connectivity index is 1.74. The molecule has 0 spiro atoms. The van der Waals surface area contributed by atoms with Crippen LogP contribution in [0.15, 0.2) is 41.1 Å². The molecule has 2 nitrogen and oxygen atoms in total. The highest BCUT2D eigenvalue weighted by molar-refractivity contribution is 7.07. The van der Waals surface area contributed by atoms with Crippen molar-refractivity contribution in [3.63, 3.8) is 0 Å². The van der Waals surface area contributed by atoms with E-state index < -0.39 is 0 Å². The molecule has 1 N–H and O–H groups in total. The van der Waals surface area contributed by atoms with Crippen LogP contribution in [0.4, 0.5) is 10.1 Å². The Labute approximate surface area is 111 Å². The van der Waals surface area contributed by atoms with Gasteiger partial charge in [-0.15, -0.1) is 0 Å². The van der Waals surface area contributed by atoms with E-state index in [4.69, 9.17) is 0 Å². The van der Waals surface area contributed by atoms with Crippen molar-refractivity contribution in [2.75, 3.05) is 25.5 Å². The second-order valence-corrected chi connectivity index (χ2v) is 5.06. The van der Waals surface area contributed by atoms with Crippen molar-refractivity contribution in [1.82, 2.24) is 4.90 Å². The molecule has 0 saturated carbocycles. The number of likely N-dealkylation sites (N-methyl/N-ethyl adjacent to an activating group) is 1. The van der Waals surface area contributed by atoms with Gasteiger partial charge >= 0.3 is 0 Å². The van der Waals surface area contributed by atoms with Gasteiger partial charge in [-0.3, -0.25) is 0 Å². The maximum atomic E-state index is 13.3. The van der Waals surface area contributed by atoms with Crippen LogP contribution in [0, 0.1) is 5.82 Å². The van der Waals surface area contributed by atoms with Gasteiger partial charge < -0.3 is 10.2 Å². The average molecular weight is 264 g/mol. The number of para-hydroxylation sites is 1. The monoisotopic (exact) mass is 264 g/mol. The van der Waals surface area contributed by atoms with Gasteiger partial charge in [0.05, 0.1) is 5.69 Å². The van der Waals surface area contributed by atoms with Gasteiger partial charge in [0.25, 0.3) is 0 Å². The van der Waals surface area contributed by atoms with E-state index in [1.54, 1.807) is 23.5 Å². The second kappa shape index (κ2) is 6.52. The van der Waals surface area contributed by atoms with Crippen LogP contribution in [0.1, 0.15) is 5.56 Å². The first-order valence-electron chi connectivity index (χ1n) is 5.94. The summed E-state index contributed by atoms with van der Waals surface area (Å²) in [6.07, 6.45) is 0. The van der Waals surface area contributed by atoms with Gasteiger partial charge in [-0.1, -0.05) is 12.1 Å². The van der Waals surface area contributed by atoms with Gasteiger partial charge in [-0.05, 0) is 41.6 Å². The molecule has 0 atom stereocenters. The SMILES string of the molecule is CN(CCNc1ccccc1F)Cc1ccsc1. The summed E-state index contributed by atoms with van der Waals surface area (Å²) in [5.41, 5.74) is 1.90. The minimum Gasteiger partial charge on any atom is -0.381 e. The van der Waals surface area contributed by atoms with Crippen LogP contribution in [0.3, 0.4) is 0 Å². The molecule has 1 aromatic carbocycles. The van der Waals surface area contributed by atoms with Crippen LogP contribution in [0.25, 0.3) is 0 Å². The molecule has 1 aromatic heterocycles. The molecule has 18 heavy (non-hydrogen) atoms. The third-order valence-corrected chi connectivity index (χ3v) is 3.45. The van der Waals surface area contributed by atoms with E-state index >= 15 is 0 Å². The van der Waals surface area contributed by atoms with Gasteiger partial charge in [-0.2, -0.15) is 11.3 Å². The maximum Gasteiger partial charge on any atom is 0.146 e. The summed E-state index contributed by atoms with van der Waals surface area (Å²) < 4.78 is 13.3. The first kappa shape index (κ1) is 13.1. The molecule has 0 bridgehead atoms. The number of benzene rings is 1. The summed E-state index contributed by atoms with van der Waals surface area (Å²) in [5.74, 6) is -0.196. The summed E-state index contributed by atoms with van der Waals surface area (Å²) in [6.45, 7) is 2.55. The summed E-state index contributed by atoms with van der Waals surface area (Å²) in [4.78, 5) is 2.22. The zero-order valence-electron chi connectivity index (χ0n) is 10.4. The molecule has 2 aromatic rings. The lowest BCUT2D eigenvalue weighted by Gasteiger charge is -2.16. The molecule has 2 rings (SSSR count). The molecule has 0 radical (unpaired) electrons. The first-order valence-corrected chi connectivity index (χ1v) is 6.88. The quantitative estimate of drug-likeness (QED) is 0.860.